The second-order valence-electron chi connectivity index (χ2n) is 6.14. The summed E-state index contributed by atoms with van der Waals surface area (Å²) in [5.74, 6) is -2.43. The molecular weight excluding hydrogens is 312 g/mol. The summed E-state index contributed by atoms with van der Waals surface area (Å²) >= 11 is 0. The van der Waals surface area contributed by atoms with Crippen molar-refractivity contribution in [2.75, 3.05) is 20.3 Å². The number of carbonyl (C=O) groups is 2. The Bertz CT molecular complexity index is 425. The molecule has 1 fully saturated rings. The summed E-state index contributed by atoms with van der Waals surface area (Å²) in [6.45, 7) is 4.61. The van der Waals surface area contributed by atoms with Crippen molar-refractivity contribution in [3.8, 4) is 0 Å². The van der Waals surface area contributed by atoms with Crippen molar-refractivity contribution in [1.82, 2.24) is 0 Å². The molecule has 2 unspecified atom stereocenters. The molecule has 0 bridgehead atoms. The Kier molecular flexibility index (Phi) is 9.00. The smallest absolute Gasteiger partial charge is 0.379 e. The SMILES string of the molecule is CCOC.CCOC(=O)C1(O)CC(C2CCCCC2)C=C(C=O)O1. The molecule has 1 saturated carbocycles. The summed E-state index contributed by atoms with van der Waals surface area (Å²) in [6.07, 6.45) is 8.11. The Hall–Kier alpha value is -1.40. The van der Waals surface area contributed by atoms with Crippen molar-refractivity contribution in [2.24, 2.45) is 11.8 Å². The molecule has 24 heavy (non-hydrogen) atoms. The standard InChI is InChI=1S/C15H22O5.C3H8O/c1-2-19-14(17)15(18)9-12(8-13(10-16)20-15)11-6-4-3-5-7-11;1-3-4-2/h8,10-12,18H,2-7,9H2,1H3;3H2,1-2H3. The molecule has 0 aromatic rings. The summed E-state index contributed by atoms with van der Waals surface area (Å²) < 4.78 is 14.5. The third-order valence-electron chi connectivity index (χ3n) is 4.43. The number of aldehydes is 1. The van der Waals surface area contributed by atoms with Gasteiger partial charge in [-0.15, -0.1) is 0 Å². The Labute approximate surface area is 144 Å². The fourth-order valence-corrected chi connectivity index (χ4v) is 3.16. The van der Waals surface area contributed by atoms with Gasteiger partial charge in [-0.3, -0.25) is 4.79 Å². The van der Waals surface area contributed by atoms with Crippen LogP contribution < -0.4 is 0 Å². The molecule has 1 N–H and O–H groups in total. The van der Waals surface area contributed by atoms with Crippen molar-refractivity contribution in [3.63, 3.8) is 0 Å². The van der Waals surface area contributed by atoms with Gasteiger partial charge in [0.2, 0.25) is 0 Å². The van der Waals surface area contributed by atoms with Crippen molar-refractivity contribution in [1.29, 1.82) is 0 Å². The number of allylic oxidation sites excluding steroid dienone is 2. The molecule has 0 amide bonds. The van der Waals surface area contributed by atoms with Crippen LogP contribution >= 0.6 is 0 Å². The topological polar surface area (TPSA) is 82.1 Å². The maximum Gasteiger partial charge on any atom is 0.379 e. The van der Waals surface area contributed by atoms with E-state index in [1.807, 2.05) is 6.92 Å². The highest BCUT2D eigenvalue weighted by atomic mass is 16.7. The van der Waals surface area contributed by atoms with E-state index in [1.54, 1.807) is 20.1 Å². The number of ether oxygens (including phenoxy) is 3. The summed E-state index contributed by atoms with van der Waals surface area (Å²) in [6, 6.07) is 0. The molecular formula is C18H30O6. The Morgan fingerprint density at radius 1 is 1.33 bits per heavy atom. The van der Waals surface area contributed by atoms with Gasteiger partial charge in [0.15, 0.2) is 12.0 Å². The molecule has 6 nitrogen and oxygen atoms in total. The largest absolute Gasteiger partial charge is 0.461 e. The van der Waals surface area contributed by atoms with Crippen LogP contribution in [0, 0.1) is 11.8 Å². The Morgan fingerprint density at radius 3 is 2.46 bits per heavy atom. The van der Waals surface area contributed by atoms with Gasteiger partial charge in [-0.1, -0.05) is 19.3 Å². The third kappa shape index (κ3) is 5.91. The molecule has 0 saturated heterocycles. The first-order valence-corrected chi connectivity index (χ1v) is 8.75. The molecule has 0 aromatic carbocycles. The normalized spacial score (nSPS) is 27.2. The summed E-state index contributed by atoms with van der Waals surface area (Å²) in [5.41, 5.74) is 0. The van der Waals surface area contributed by atoms with Crippen molar-refractivity contribution in [3.05, 3.63) is 11.8 Å². The molecule has 138 valence electrons. The second-order valence-corrected chi connectivity index (χ2v) is 6.14. The molecule has 0 spiro atoms. The summed E-state index contributed by atoms with van der Waals surface area (Å²) in [4.78, 5) is 22.9. The Balaban J connectivity index is 0.000000648. The lowest BCUT2D eigenvalue weighted by molar-refractivity contribution is -0.225. The number of hydrogen-bond donors (Lipinski definition) is 1. The summed E-state index contributed by atoms with van der Waals surface area (Å²) in [7, 11) is 1.68. The summed E-state index contributed by atoms with van der Waals surface area (Å²) in [5, 5.41) is 10.4. The van der Waals surface area contributed by atoms with Gasteiger partial charge in [-0.05, 0) is 44.6 Å². The fraction of sp³-hybridized carbons (Fsp3) is 0.778. The molecule has 1 aliphatic heterocycles. The number of carbonyl (C=O) groups excluding carboxylic acids is 2. The van der Waals surface area contributed by atoms with E-state index in [0.29, 0.717) is 12.2 Å². The number of rotatable bonds is 5. The van der Waals surface area contributed by atoms with Crippen LogP contribution in [0.1, 0.15) is 52.4 Å². The zero-order chi connectivity index (χ0) is 18.0. The fourth-order valence-electron chi connectivity index (χ4n) is 3.16. The van der Waals surface area contributed by atoms with Gasteiger partial charge in [-0.2, -0.15) is 0 Å². The minimum atomic E-state index is -2.02. The molecule has 6 heteroatoms. The van der Waals surface area contributed by atoms with Gasteiger partial charge in [0.05, 0.1) is 6.61 Å². The van der Waals surface area contributed by atoms with Crippen molar-refractivity contribution < 1.29 is 28.9 Å². The van der Waals surface area contributed by atoms with E-state index in [1.165, 1.54) is 6.42 Å². The van der Waals surface area contributed by atoms with E-state index in [2.05, 4.69) is 4.74 Å². The van der Waals surface area contributed by atoms with Crippen LogP contribution in [-0.4, -0.2) is 43.5 Å². The van der Waals surface area contributed by atoms with Crippen LogP contribution in [0.25, 0.3) is 0 Å². The van der Waals surface area contributed by atoms with Gasteiger partial charge < -0.3 is 19.3 Å². The minimum Gasteiger partial charge on any atom is -0.461 e. The Morgan fingerprint density at radius 2 is 1.96 bits per heavy atom. The van der Waals surface area contributed by atoms with Crippen LogP contribution in [-0.2, 0) is 23.8 Å². The average Bonchev–Trinajstić information content (AvgIpc) is 2.62. The van der Waals surface area contributed by atoms with Gasteiger partial charge in [0, 0.05) is 20.1 Å². The first-order chi connectivity index (χ1) is 11.5. The lowest BCUT2D eigenvalue weighted by atomic mass is 9.76. The lowest BCUT2D eigenvalue weighted by Crippen LogP contribution is -2.47. The van der Waals surface area contributed by atoms with Crippen LogP contribution in [0.3, 0.4) is 0 Å². The average molecular weight is 342 g/mol. The molecule has 2 atom stereocenters. The quantitative estimate of drug-likeness (QED) is 0.611. The number of esters is 1. The molecule has 0 radical (unpaired) electrons. The molecule has 2 rings (SSSR count). The van der Waals surface area contributed by atoms with E-state index in [4.69, 9.17) is 9.47 Å². The molecule has 1 heterocycles. The highest BCUT2D eigenvalue weighted by Gasteiger charge is 2.47. The zero-order valence-electron chi connectivity index (χ0n) is 15.0. The number of hydrogen-bond acceptors (Lipinski definition) is 6. The van der Waals surface area contributed by atoms with E-state index >= 15 is 0 Å². The van der Waals surface area contributed by atoms with E-state index in [0.717, 1.165) is 32.3 Å². The van der Waals surface area contributed by atoms with E-state index in [9.17, 15) is 14.7 Å². The highest BCUT2D eigenvalue weighted by molar-refractivity contribution is 5.80. The third-order valence-corrected chi connectivity index (χ3v) is 4.43. The van der Waals surface area contributed by atoms with Crippen LogP contribution in [0.4, 0.5) is 0 Å². The van der Waals surface area contributed by atoms with Crippen LogP contribution in [0.5, 0.6) is 0 Å². The first kappa shape index (κ1) is 20.6. The maximum absolute atomic E-state index is 11.9. The first-order valence-electron chi connectivity index (χ1n) is 8.75. The monoisotopic (exact) mass is 342 g/mol. The predicted molar refractivity (Wildman–Crippen MR) is 89.0 cm³/mol. The van der Waals surface area contributed by atoms with Gasteiger partial charge in [-0.25, -0.2) is 4.79 Å². The van der Waals surface area contributed by atoms with Gasteiger partial charge >= 0.3 is 11.8 Å². The predicted octanol–water partition coefficient (Wildman–Crippen LogP) is 2.59. The van der Waals surface area contributed by atoms with Crippen LogP contribution in [0.2, 0.25) is 0 Å². The van der Waals surface area contributed by atoms with Crippen molar-refractivity contribution in [2.45, 2.75) is 58.2 Å². The second kappa shape index (κ2) is 10.5. The number of methoxy groups -OCH3 is 1. The van der Waals surface area contributed by atoms with E-state index in [-0.39, 0.29) is 24.7 Å². The molecule has 1 aliphatic carbocycles. The van der Waals surface area contributed by atoms with Crippen molar-refractivity contribution >= 4 is 12.3 Å². The van der Waals surface area contributed by atoms with Gasteiger partial charge in [0.25, 0.3) is 0 Å². The molecule has 2 aliphatic rings. The van der Waals surface area contributed by atoms with Crippen LogP contribution in [0.15, 0.2) is 11.8 Å². The zero-order valence-corrected chi connectivity index (χ0v) is 15.0. The highest BCUT2D eigenvalue weighted by Crippen LogP contribution is 2.39. The van der Waals surface area contributed by atoms with E-state index < -0.39 is 11.8 Å². The maximum atomic E-state index is 11.9. The molecule has 0 aromatic heterocycles. The number of aliphatic hydroxyl groups is 1. The minimum absolute atomic E-state index is 0.0151. The van der Waals surface area contributed by atoms with Gasteiger partial charge in [0.1, 0.15) is 0 Å². The lowest BCUT2D eigenvalue weighted by Gasteiger charge is -2.37.